The van der Waals surface area contributed by atoms with Crippen molar-refractivity contribution < 1.29 is 19.1 Å². The summed E-state index contributed by atoms with van der Waals surface area (Å²) in [5, 5.41) is 11.1. The molecule has 144 valence electrons. The number of ether oxygens (including phenoxy) is 1. The predicted octanol–water partition coefficient (Wildman–Crippen LogP) is 4.26. The first-order valence-corrected chi connectivity index (χ1v) is 9.06. The summed E-state index contributed by atoms with van der Waals surface area (Å²) < 4.78 is 11.7. The monoisotopic (exact) mass is 370 g/mol. The average molecular weight is 370 g/mol. The van der Waals surface area contributed by atoms with E-state index in [9.17, 15) is 14.7 Å². The van der Waals surface area contributed by atoms with Gasteiger partial charge in [0.1, 0.15) is 28.5 Å². The van der Waals surface area contributed by atoms with E-state index in [-0.39, 0.29) is 23.5 Å². The zero-order valence-corrected chi connectivity index (χ0v) is 16.9. The molecular formula is C22H26O5. The number of aromatic hydroxyl groups is 1. The average Bonchev–Trinajstić information content (AvgIpc) is 2.67. The number of rotatable bonds is 3. The third-order valence-electron chi connectivity index (χ3n) is 5.19. The molecule has 0 aliphatic carbocycles. The van der Waals surface area contributed by atoms with Crippen molar-refractivity contribution >= 4 is 5.78 Å². The molecule has 5 heteroatoms. The van der Waals surface area contributed by atoms with Crippen molar-refractivity contribution in [1.29, 1.82) is 0 Å². The van der Waals surface area contributed by atoms with Crippen molar-refractivity contribution in [2.24, 2.45) is 0 Å². The van der Waals surface area contributed by atoms with Crippen LogP contribution in [0.15, 0.2) is 21.3 Å². The number of benzene rings is 1. The fraction of sp³-hybridized carbons (Fsp3) is 0.455. The Bertz CT molecular complexity index is 1010. The van der Waals surface area contributed by atoms with Crippen LogP contribution in [0.25, 0.3) is 11.1 Å². The molecule has 0 unspecified atom stereocenters. The largest absolute Gasteiger partial charge is 0.506 e. The highest BCUT2D eigenvalue weighted by Crippen LogP contribution is 2.51. The lowest BCUT2D eigenvalue weighted by atomic mass is 9.88. The lowest BCUT2D eigenvalue weighted by molar-refractivity contribution is -0.116. The Morgan fingerprint density at radius 2 is 1.67 bits per heavy atom. The van der Waals surface area contributed by atoms with Gasteiger partial charge in [-0.2, -0.15) is 0 Å². The minimum Gasteiger partial charge on any atom is -0.506 e. The molecule has 1 aliphatic heterocycles. The van der Waals surface area contributed by atoms with Gasteiger partial charge in [0.05, 0.1) is 11.2 Å². The van der Waals surface area contributed by atoms with Crippen LogP contribution in [-0.2, 0) is 27.2 Å². The molecule has 0 spiro atoms. The molecule has 1 aromatic carbocycles. The Kier molecular flexibility index (Phi) is 4.35. The molecule has 0 bridgehead atoms. The van der Waals surface area contributed by atoms with Gasteiger partial charge in [-0.1, -0.05) is 12.1 Å². The van der Waals surface area contributed by atoms with Gasteiger partial charge in [0.25, 0.3) is 0 Å². The molecule has 2 heterocycles. The normalized spacial score (nSPS) is 17.0. The first-order valence-electron chi connectivity index (χ1n) is 9.06. The van der Waals surface area contributed by atoms with E-state index in [1.165, 1.54) is 6.92 Å². The van der Waals surface area contributed by atoms with Crippen LogP contribution in [-0.4, -0.2) is 10.9 Å². The van der Waals surface area contributed by atoms with E-state index in [1.807, 2.05) is 39.8 Å². The van der Waals surface area contributed by atoms with Gasteiger partial charge < -0.3 is 14.3 Å². The summed E-state index contributed by atoms with van der Waals surface area (Å²) in [5.74, 6) is 0.190. The third-order valence-corrected chi connectivity index (χ3v) is 5.19. The molecule has 0 atom stereocenters. The zero-order valence-electron chi connectivity index (χ0n) is 16.9. The topological polar surface area (TPSA) is 76.7 Å². The fourth-order valence-electron chi connectivity index (χ4n) is 4.00. The van der Waals surface area contributed by atoms with Crippen LogP contribution < -0.4 is 5.63 Å². The van der Waals surface area contributed by atoms with Crippen LogP contribution in [0, 0.1) is 13.8 Å². The van der Waals surface area contributed by atoms with E-state index >= 15 is 0 Å². The Morgan fingerprint density at radius 3 is 2.26 bits per heavy atom. The van der Waals surface area contributed by atoms with Crippen LogP contribution in [0.3, 0.4) is 0 Å². The van der Waals surface area contributed by atoms with E-state index in [0.29, 0.717) is 22.5 Å². The first-order chi connectivity index (χ1) is 12.3. The molecule has 27 heavy (non-hydrogen) atoms. The second kappa shape index (κ2) is 6.06. The summed E-state index contributed by atoms with van der Waals surface area (Å²) >= 11 is 0. The maximum absolute atomic E-state index is 12.9. The summed E-state index contributed by atoms with van der Waals surface area (Å²) in [6.07, 6.45) is 0.178. The molecule has 1 aliphatic rings. The van der Waals surface area contributed by atoms with E-state index in [4.69, 9.17) is 9.15 Å². The Balaban J connectivity index is 2.37. The van der Waals surface area contributed by atoms with Gasteiger partial charge in [-0.05, 0) is 70.7 Å². The lowest BCUT2D eigenvalue weighted by Crippen LogP contribution is -2.22. The number of Topliss-reactive ketones (excluding diaryl/α,β-unsaturated/α-hetero) is 1. The molecule has 0 saturated carbocycles. The molecule has 0 fully saturated rings. The van der Waals surface area contributed by atoms with Crippen molar-refractivity contribution in [2.75, 3.05) is 0 Å². The van der Waals surface area contributed by atoms with Crippen LogP contribution in [0.1, 0.15) is 62.6 Å². The summed E-state index contributed by atoms with van der Waals surface area (Å²) in [5.41, 5.74) is 1.52. The molecule has 1 N–H and O–H groups in total. The molecule has 3 rings (SSSR count). The van der Waals surface area contributed by atoms with E-state index in [0.717, 1.165) is 11.1 Å². The van der Waals surface area contributed by atoms with Gasteiger partial charge in [-0.25, -0.2) is 4.79 Å². The van der Waals surface area contributed by atoms with Gasteiger partial charge >= 0.3 is 5.63 Å². The Labute approximate surface area is 159 Å². The van der Waals surface area contributed by atoms with Gasteiger partial charge in [0.15, 0.2) is 0 Å². The molecule has 5 nitrogen and oxygen atoms in total. The van der Waals surface area contributed by atoms with Crippen LogP contribution in [0.4, 0.5) is 0 Å². The van der Waals surface area contributed by atoms with Gasteiger partial charge in [0.2, 0.25) is 0 Å². The van der Waals surface area contributed by atoms with Crippen LogP contribution >= 0.6 is 0 Å². The predicted molar refractivity (Wildman–Crippen MR) is 103 cm³/mol. The summed E-state index contributed by atoms with van der Waals surface area (Å²) in [4.78, 5) is 24.6. The van der Waals surface area contributed by atoms with E-state index < -0.39 is 16.8 Å². The highest BCUT2D eigenvalue weighted by atomic mass is 16.5. The Hall–Kier alpha value is -2.40. The smallest absolute Gasteiger partial charge is 0.347 e. The van der Waals surface area contributed by atoms with Crippen molar-refractivity contribution in [3.8, 4) is 16.9 Å². The minimum absolute atomic E-state index is 0.0191. The van der Waals surface area contributed by atoms with Crippen molar-refractivity contribution in [3.63, 3.8) is 0 Å². The SMILES string of the molecule is CC(=O)Cc1cc(C)c(C)cc1-c1c(O)c2c(oc1=O)C(C)(C)OC2(C)C. The number of hydrogen-bond donors (Lipinski definition) is 1. The molecular weight excluding hydrogens is 344 g/mol. The van der Waals surface area contributed by atoms with Gasteiger partial charge in [0, 0.05) is 6.42 Å². The summed E-state index contributed by atoms with van der Waals surface area (Å²) in [7, 11) is 0. The molecule has 2 aromatic rings. The highest BCUT2D eigenvalue weighted by molar-refractivity contribution is 5.83. The van der Waals surface area contributed by atoms with Gasteiger partial charge in [-0.3, -0.25) is 4.79 Å². The molecule has 1 aromatic heterocycles. The Morgan fingerprint density at radius 1 is 1.07 bits per heavy atom. The van der Waals surface area contributed by atoms with Crippen molar-refractivity contribution in [3.05, 3.63) is 50.6 Å². The second-order valence-electron chi connectivity index (χ2n) is 8.41. The summed E-state index contributed by atoms with van der Waals surface area (Å²) in [6, 6.07) is 3.73. The second-order valence-corrected chi connectivity index (χ2v) is 8.41. The number of fused-ring (bicyclic) bond motifs is 1. The highest BCUT2D eigenvalue weighted by Gasteiger charge is 2.49. The maximum atomic E-state index is 12.9. The molecule has 0 saturated heterocycles. The number of aryl methyl sites for hydroxylation is 2. The summed E-state index contributed by atoms with van der Waals surface area (Å²) in [6.45, 7) is 12.7. The van der Waals surface area contributed by atoms with Crippen LogP contribution in [0.5, 0.6) is 5.75 Å². The van der Waals surface area contributed by atoms with E-state index in [2.05, 4.69) is 0 Å². The quantitative estimate of drug-likeness (QED) is 0.873. The van der Waals surface area contributed by atoms with E-state index in [1.54, 1.807) is 13.8 Å². The standard InChI is InChI=1S/C22H26O5/c1-11-8-14(10-13(3)23)15(9-12(11)2)16-18(24)17-19(26-20(16)25)22(6,7)27-21(17,4)5/h8-9,24H,10H2,1-7H3. The fourth-order valence-corrected chi connectivity index (χ4v) is 4.00. The van der Waals surface area contributed by atoms with Crippen molar-refractivity contribution in [2.45, 2.75) is 66.1 Å². The van der Waals surface area contributed by atoms with Gasteiger partial charge in [-0.15, -0.1) is 0 Å². The number of ketones is 1. The van der Waals surface area contributed by atoms with Crippen LogP contribution in [0.2, 0.25) is 0 Å². The number of carbonyl (C=O) groups excluding carboxylic acids is 1. The molecule has 0 radical (unpaired) electrons. The minimum atomic E-state index is -0.820. The number of hydrogen-bond acceptors (Lipinski definition) is 5. The van der Waals surface area contributed by atoms with Crippen molar-refractivity contribution in [1.82, 2.24) is 0 Å². The third kappa shape index (κ3) is 3.10. The number of carbonyl (C=O) groups is 1. The maximum Gasteiger partial charge on any atom is 0.347 e. The first kappa shape index (κ1) is 19.4. The lowest BCUT2D eigenvalue weighted by Gasteiger charge is -2.23. The zero-order chi connectivity index (χ0) is 20.3. The molecule has 0 amide bonds.